The van der Waals surface area contributed by atoms with Gasteiger partial charge in [0.15, 0.2) is 0 Å². The first-order chi connectivity index (χ1) is 64.0. The zero-order valence-electron chi connectivity index (χ0n) is 68.6. The fourth-order valence-corrected chi connectivity index (χ4v) is 31.6. The molecule has 0 amide bonds. The second-order valence-electron chi connectivity index (χ2n) is 27.4. The van der Waals surface area contributed by atoms with Gasteiger partial charge in [-0.25, -0.2) is 0 Å². The lowest BCUT2D eigenvalue weighted by Gasteiger charge is -2.15. The Labute approximate surface area is 1040 Å². The fraction of sp³-hybridized carbons (Fsp3) is 0.0337. The van der Waals surface area contributed by atoms with Gasteiger partial charge in [0.05, 0.1) is 29.4 Å². The van der Waals surface area contributed by atoms with Crippen molar-refractivity contribution < 1.29 is 81.1 Å². The van der Waals surface area contributed by atoms with Gasteiger partial charge in [-0.05, 0) is 588 Å². The molecule has 48 heteroatoms. The highest BCUT2D eigenvalue weighted by atomic mass is 127. The average Bonchev–Trinajstić information content (AvgIpc) is 0.790. The largest absolute Gasteiger partial charge is 0.858 e. The van der Waals surface area contributed by atoms with Gasteiger partial charge in [-0.15, -0.1) is 0 Å². The SMILES string of the molecule is Cc1ccc(S(=O)(=O)N=C([O-])c2cc(I)cc(I)c2I)cc1.Cc1cccc(S(=O)(=O)N=C([O-])c2cc(I)cc(I)c2I)c1.Cc1ccccc1S(=O)(=O)N=C([O-])c1cc(I)cc(I)c1I.O=S(=O)(N=C([O-])c1cc(I)cc(I)c1I)c1ccc2ccccc2c1.O=S(=O)(N=C([O-])c1cc(I)cc(I)c1I)c1cccc2ccccc12.O=S(=O)(N=C([O-])c1cc(I)cc(I)c1I)c1ccccc1. The van der Waals surface area contributed by atoms with Crippen molar-refractivity contribution in [2.75, 3.05) is 0 Å². The summed E-state index contributed by atoms with van der Waals surface area (Å²) in [6.45, 7) is 5.31. The van der Waals surface area contributed by atoms with E-state index >= 15 is 0 Å². The summed E-state index contributed by atoms with van der Waals surface area (Å²) in [6.07, 6.45) is 0. The predicted octanol–water partition coefficient (Wildman–Crippen LogP) is 21.2. The van der Waals surface area contributed by atoms with E-state index in [-0.39, 0.29) is 29.4 Å². The van der Waals surface area contributed by atoms with Crippen molar-refractivity contribution in [3.8, 4) is 0 Å². The van der Waals surface area contributed by atoms with Gasteiger partial charge in [0.2, 0.25) is 0 Å². The maximum atomic E-state index is 12.7. The van der Waals surface area contributed by atoms with Gasteiger partial charge in [0.25, 0.3) is 60.1 Å². The van der Waals surface area contributed by atoms with Crippen LogP contribution in [0, 0.1) is 85.0 Å². The molecule has 0 spiro atoms. The summed E-state index contributed by atoms with van der Waals surface area (Å²) in [5.41, 5.74) is 4.07. The van der Waals surface area contributed by atoms with E-state index in [1.54, 1.807) is 135 Å². The second kappa shape index (κ2) is 53.6. The monoisotopic (exact) mass is 3970 g/mol. The van der Waals surface area contributed by atoms with Crippen molar-refractivity contribution in [1.82, 2.24) is 0 Å². The molecule has 0 aromatic heterocycles. The number of halogens is 18. The molecule has 714 valence electrons. The lowest BCUT2D eigenvalue weighted by atomic mass is 10.1. The van der Waals surface area contributed by atoms with E-state index in [9.17, 15) is 81.1 Å². The van der Waals surface area contributed by atoms with E-state index in [1.165, 1.54) is 60.7 Å². The fourth-order valence-electron chi connectivity index (χ4n) is 11.2. The van der Waals surface area contributed by atoms with Gasteiger partial charge >= 0.3 is 0 Å². The Morgan fingerprint density at radius 1 is 0.212 bits per heavy atom. The molecule has 0 unspecified atom stereocenters. The summed E-state index contributed by atoms with van der Waals surface area (Å²) in [5, 5.41) is 77.1. The molecule has 14 aromatic carbocycles. The summed E-state index contributed by atoms with van der Waals surface area (Å²) >= 11 is 37.3. The summed E-state index contributed by atoms with van der Waals surface area (Å²) in [5.74, 6) is -4.50. The summed E-state index contributed by atoms with van der Waals surface area (Å²) < 4.78 is 184. The molecule has 0 heterocycles. The third-order valence-electron chi connectivity index (χ3n) is 17.6. The first-order valence-electron chi connectivity index (χ1n) is 37.2. The van der Waals surface area contributed by atoms with E-state index in [0.717, 1.165) is 70.1 Å². The number of hydrogen-bond donors (Lipinski definition) is 0. The zero-order chi connectivity index (χ0) is 101. The molecule has 24 nitrogen and oxygen atoms in total. The molecule has 0 aliphatic carbocycles. The maximum absolute atomic E-state index is 12.7. The zero-order valence-corrected chi connectivity index (χ0v) is 112. The Bertz CT molecular complexity index is 7990. The number of sulfonamides is 6. The van der Waals surface area contributed by atoms with Gasteiger partial charge < -0.3 is 30.6 Å². The summed E-state index contributed by atoms with van der Waals surface area (Å²) in [4.78, 5) is 0.148. The van der Waals surface area contributed by atoms with Crippen molar-refractivity contribution in [2.45, 2.75) is 50.1 Å². The van der Waals surface area contributed by atoms with Crippen molar-refractivity contribution in [2.24, 2.45) is 26.4 Å². The maximum Gasteiger partial charge on any atom is 0.282 e. The van der Waals surface area contributed by atoms with Crippen molar-refractivity contribution in [1.29, 1.82) is 0 Å². The highest BCUT2D eigenvalue weighted by Crippen LogP contribution is 2.34. The minimum atomic E-state index is -4.11. The van der Waals surface area contributed by atoms with Crippen LogP contribution < -0.4 is 30.6 Å². The minimum Gasteiger partial charge on any atom is -0.858 e. The molecule has 14 rings (SSSR count). The van der Waals surface area contributed by atoms with Crippen LogP contribution in [0.5, 0.6) is 0 Å². The molecule has 0 saturated carbocycles. The Morgan fingerprint density at radius 3 is 0.825 bits per heavy atom. The average molecular weight is 3970 g/mol. The number of fused-ring (bicyclic) bond motifs is 2. The molecule has 0 radical (unpaired) electrons. The van der Waals surface area contributed by atoms with Gasteiger partial charge in [0, 0.05) is 138 Å². The third kappa shape index (κ3) is 34.1. The van der Waals surface area contributed by atoms with Crippen LogP contribution in [-0.2, 0) is 60.1 Å². The number of rotatable bonds is 18. The predicted molar refractivity (Wildman–Crippen MR) is 678 cm³/mol. The molecular weight excluding hydrogens is 3920 g/mol. The van der Waals surface area contributed by atoms with Crippen LogP contribution in [0.2, 0.25) is 0 Å². The molecule has 0 aliphatic rings. The number of hydrogen-bond acceptors (Lipinski definition) is 18. The molecule has 14 aromatic rings. The van der Waals surface area contributed by atoms with Gasteiger partial charge in [-0.2, -0.15) is 76.9 Å². The van der Waals surface area contributed by atoms with Crippen molar-refractivity contribution in [3.63, 3.8) is 0 Å². The van der Waals surface area contributed by atoms with E-state index in [1.807, 2.05) is 221 Å². The van der Waals surface area contributed by atoms with E-state index in [0.29, 0.717) is 65.8 Å². The highest BCUT2D eigenvalue weighted by Gasteiger charge is 2.23. The summed E-state index contributed by atoms with van der Waals surface area (Å²) in [6, 6.07) is 72.3. The van der Waals surface area contributed by atoms with Crippen LogP contribution in [0.15, 0.2) is 317 Å². The Morgan fingerprint density at radius 2 is 0.467 bits per heavy atom. The molecule has 0 aliphatic heterocycles. The van der Waals surface area contributed by atoms with E-state index < -0.39 is 95.5 Å². The Hall–Kier alpha value is -0.740. The topological polar surface area (TPSA) is 417 Å². The summed E-state index contributed by atoms with van der Waals surface area (Å²) in [7, 11) is -24.2. The van der Waals surface area contributed by atoms with Crippen LogP contribution >= 0.6 is 407 Å². The van der Waals surface area contributed by atoms with Gasteiger partial charge in [0.1, 0.15) is 0 Å². The number of nitrogens with zero attached hydrogens (tertiary/aromatic N) is 6. The Balaban J connectivity index is 0.000000184. The normalized spacial score (nSPS) is 12.5. The van der Waals surface area contributed by atoms with Crippen molar-refractivity contribution >= 4 is 524 Å². The molecule has 137 heavy (non-hydrogen) atoms. The quantitative estimate of drug-likeness (QED) is 0.0333. The molecule has 0 bridgehead atoms. The Kier molecular flexibility index (Phi) is 46.9. The molecule has 0 N–H and O–H groups in total. The van der Waals surface area contributed by atoms with Crippen LogP contribution in [0.1, 0.15) is 50.1 Å². The lowest BCUT2D eigenvalue weighted by Crippen LogP contribution is -2.23. The number of aryl methyl sites for hydroxylation is 3. The first-order valence-corrected chi connectivity index (χ1v) is 65.3. The van der Waals surface area contributed by atoms with Gasteiger partial charge in [-0.3, -0.25) is 0 Å². The van der Waals surface area contributed by atoms with Crippen LogP contribution in [0.4, 0.5) is 0 Å². The molecule has 0 atom stereocenters. The lowest BCUT2D eigenvalue weighted by molar-refractivity contribution is -0.213. The minimum absolute atomic E-state index is 0.00804. The molecule has 0 saturated heterocycles. The second-order valence-corrected chi connectivity index (χ2v) is 57.9. The van der Waals surface area contributed by atoms with Crippen LogP contribution in [0.3, 0.4) is 0 Å². The smallest absolute Gasteiger partial charge is 0.282 e. The standard InChI is InChI=1S/2C17H10I3NO3S.3C14H10I3NO3S.C13H8I3NO3S/c18-11-8-13(16(20)14(19)9-11)17(22)21-25(23,24)15-7-3-5-10-4-1-2-6-12(10)15;18-12-8-14(16(20)15(19)9-12)17(22)21-25(23,24)13-6-5-10-3-1-2-4-11(10)7-13;1-8-2-4-10(5-3-8)22(20,21)18-14(19)11-6-9(15)7-12(16)13(11)17;1-8-3-2-4-10(5-8)22(20,21)18-14(19)11-6-9(15)7-12(16)13(11)17;1-8-4-2-3-5-12(8)22(20,21)18-14(19)10-6-9(15)7-11(16)13(10)17;14-8-6-10(12(16)11(15)7-8)13(18)17-21(19,20)9-4-2-1-3-5-9/h2*1-9H,(H,21,22);3*2-7H,1H3,(H,18,19);1-7H,(H,17,18)/p-6. The van der Waals surface area contributed by atoms with Gasteiger partial charge in [-0.1, -0.05) is 133 Å². The molecule has 0 fully saturated rings. The van der Waals surface area contributed by atoms with Crippen molar-refractivity contribution in [3.05, 3.63) is 375 Å². The van der Waals surface area contributed by atoms with Crippen LogP contribution in [-0.4, -0.2) is 85.9 Å². The van der Waals surface area contributed by atoms with Crippen LogP contribution in [0.25, 0.3) is 21.5 Å². The number of benzene rings is 14. The third-order valence-corrected chi connectivity index (χ3v) is 47.4. The van der Waals surface area contributed by atoms with E-state index in [2.05, 4.69) is 297 Å². The van der Waals surface area contributed by atoms with E-state index in [4.69, 9.17) is 0 Å². The molecular formula is C89H52I18N6O18S6-6. The first kappa shape index (κ1) is 120. The highest BCUT2D eigenvalue weighted by molar-refractivity contribution is 14.1.